The number of methoxy groups -OCH3 is 1. The van der Waals surface area contributed by atoms with Gasteiger partial charge in [0.1, 0.15) is 6.61 Å². The molecule has 0 aliphatic carbocycles. The standard InChI is InChI=1S/C16H20N2O4S2/c1-10-5-4-6-11(2)15(10)18-12-8-24(20,21)9-13(12)23-16(18)17-14(19)7-22-3/h4-6,12-13H,7-9H2,1-3H3/t12-,13-/m1/s1. The third kappa shape index (κ3) is 3.22. The molecule has 1 amide bonds. The zero-order valence-corrected chi connectivity index (χ0v) is 15.5. The van der Waals surface area contributed by atoms with Crippen LogP contribution in [0.3, 0.4) is 0 Å². The van der Waals surface area contributed by atoms with E-state index in [1.165, 1.54) is 18.9 Å². The number of fused-ring (bicyclic) bond motifs is 1. The molecule has 0 radical (unpaired) electrons. The molecule has 0 bridgehead atoms. The van der Waals surface area contributed by atoms with E-state index in [4.69, 9.17) is 4.74 Å². The normalized spacial score (nSPS) is 26.8. The van der Waals surface area contributed by atoms with Crippen molar-refractivity contribution < 1.29 is 17.9 Å². The minimum absolute atomic E-state index is 0.0850. The molecule has 0 aromatic heterocycles. The first-order valence-electron chi connectivity index (χ1n) is 7.65. The molecular formula is C16H20N2O4S2. The lowest BCUT2D eigenvalue weighted by Crippen LogP contribution is -2.38. The number of benzene rings is 1. The summed E-state index contributed by atoms with van der Waals surface area (Å²) in [4.78, 5) is 18.0. The average molecular weight is 368 g/mol. The van der Waals surface area contributed by atoms with E-state index in [2.05, 4.69) is 4.99 Å². The molecular weight excluding hydrogens is 348 g/mol. The average Bonchev–Trinajstić information content (AvgIpc) is 2.92. The van der Waals surface area contributed by atoms with Crippen molar-refractivity contribution >= 4 is 38.4 Å². The summed E-state index contributed by atoms with van der Waals surface area (Å²) in [5.41, 5.74) is 3.01. The Morgan fingerprint density at radius 2 is 2.00 bits per heavy atom. The zero-order valence-electron chi connectivity index (χ0n) is 13.9. The van der Waals surface area contributed by atoms with Crippen LogP contribution in [0.1, 0.15) is 11.1 Å². The number of ether oxygens (including phenoxy) is 1. The van der Waals surface area contributed by atoms with Crippen LogP contribution in [-0.2, 0) is 19.4 Å². The van der Waals surface area contributed by atoms with Gasteiger partial charge in [0.2, 0.25) is 0 Å². The van der Waals surface area contributed by atoms with Crippen LogP contribution in [0, 0.1) is 13.8 Å². The van der Waals surface area contributed by atoms with Gasteiger partial charge in [0.25, 0.3) is 5.91 Å². The molecule has 2 aliphatic rings. The van der Waals surface area contributed by atoms with Crippen molar-refractivity contribution in [3.05, 3.63) is 29.3 Å². The lowest BCUT2D eigenvalue weighted by molar-refractivity contribution is -0.121. The van der Waals surface area contributed by atoms with Gasteiger partial charge in [0, 0.05) is 18.0 Å². The third-order valence-electron chi connectivity index (χ3n) is 4.24. The summed E-state index contributed by atoms with van der Waals surface area (Å²) >= 11 is 1.38. The number of rotatable bonds is 3. The highest BCUT2D eigenvalue weighted by Crippen LogP contribution is 2.42. The molecule has 0 saturated carbocycles. The highest BCUT2D eigenvalue weighted by atomic mass is 32.2. The molecule has 0 spiro atoms. The van der Waals surface area contributed by atoms with Crippen LogP contribution in [0.2, 0.25) is 0 Å². The molecule has 8 heteroatoms. The summed E-state index contributed by atoms with van der Waals surface area (Å²) in [7, 11) is -1.61. The maximum atomic E-state index is 12.1. The molecule has 3 rings (SSSR count). The molecule has 2 heterocycles. The predicted molar refractivity (Wildman–Crippen MR) is 96.5 cm³/mol. The Hall–Kier alpha value is -1.38. The number of amidine groups is 1. The molecule has 1 aromatic carbocycles. The zero-order chi connectivity index (χ0) is 17.5. The Kier molecular flexibility index (Phi) is 4.72. The van der Waals surface area contributed by atoms with Gasteiger partial charge in [-0.05, 0) is 25.0 Å². The van der Waals surface area contributed by atoms with Crippen molar-refractivity contribution in [1.82, 2.24) is 0 Å². The Balaban J connectivity index is 2.07. The summed E-state index contributed by atoms with van der Waals surface area (Å²) in [5.74, 6) is -0.143. The van der Waals surface area contributed by atoms with Gasteiger partial charge in [0.15, 0.2) is 15.0 Å². The van der Waals surface area contributed by atoms with Gasteiger partial charge >= 0.3 is 0 Å². The summed E-state index contributed by atoms with van der Waals surface area (Å²) < 4.78 is 29.0. The number of anilines is 1. The number of aliphatic imine (C=N–C) groups is 1. The smallest absolute Gasteiger partial charge is 0.274 e. The van der Waals surface area contributed by atoms with E-state index in [9.17, 15) is 13.2 Å². The topological polar surface area (TPSA) is 76.0 Å². The van der Waals surface area contributed by atoms with Gasteiger partial charge in [-0.3, -0.25) is 4.79 Å². The van der Waals surface area contributed by atoms with Crippen LogP contribution >= 0.6 is 11.8 Å². The van der Waals surface area contributed by atoms with Gasteiger partial charge in [-0.15, -0.1) is 0 Å². The number of para-hydroxylation sites is 1. The highest BCUT2D eigenvalue weighted by molar-refractivity contribution is 8.16. The lowest BCUT2D eigenvalue weighted by Gasteiger charge is -2.27. The summed E-state index contributed by atoms with van der Waals surface area (Å²) in [6, 6.07) is 5.75. The van der Waals surface area contributed by atoms with Gasteiger partial charge in [-0.1, -0.05) is 30.0 Å². The van der Waals surface area contributed by atoms with Crippen molar-refractivity contribution in [2.45, 2.75) is 25.1 Å². The van der Waals surface area contributed by atoms with Crippen LogP contribution in [0.15, 0.2) is 23.2 Å². The molecule has 2 atom stereocenters. The minimum atomic E-state index is -3.06. The van der Waals surface area contributed by atoms with Gasteiger partial charge in [-0.25, -0.2) is 8.42 Å². The first-order valence-corrected chi connectivity index (χ1v) is 10.4. The predicted octanol–water partition coefficient (Wildman–Crippen LogP) is 1.55. The summed E-state index contributed by atoms with van der Waals surface area (Å²) in [5, 5.41) is 0.474. The summed E-state index contributed by atoms with van der Waals surface area (Å²) in [6.07, 6.45) is 0. The van der Waals surface area contributed by atoms with Crippen molar-refractivity contribution in [2.24, 2.45) is 4.99 Å². The number of nitrogens with zero attached hydrogens (tertiary/aromatic N) is 2. The van der Waals surface area contributed by atoms with Crippen LogP contribution in [0.4, 0.5) is 5.69 Å². The minimum Gasteiger partial charge on any atom is -0.375 e. The number of carbonyl (C=O) groups is 1. The molecule has 2 aliphatic heterocycles. The van der Waals surface area contributed by atoms with Crippen molar-refractivity contribution in [3.8, 4) is 0 Å². The fraction of sp³-hybridized carbons (Fsp3) is 0.500. The third-order valence-corrected chi connectivity index (χ3v) is 7.44. The lowest BCUT2D eigenvalue weighted by atomic mass is 10.1. The Morgan fingerprint density at radius 1 is 1.33 bits per heavy atom. The van der Waals surface area contributed by atoms with Crippen molar-refractivity contribution in [1.29, 1.82) is 0 Å². The van der Waals surface area contributed by atoms with Crippen LogP contribution in [0.25, 0.3) is 0 Å². The Labute approximate surface area is 146 Å². The second-order valence-electron chi connectivity index (χ2n) is 6.13. The first-order chi connectivity index (χ1) is 11.3. The molecule has 0 N–H and O–H groups in total. The molecule has 0 unspecified atom stereocenters. The second-order valence-corrected chi connectivity index (χ2v) is 9.49. The molecule has 2 fully saturated rings. The van der Waals surface area contributed by atoms with E-state index in [0.29, 0.717) is 5.17 Å². The Morgan fingerprint density at radius 3 is 2.62 bits per heavy atom. The second kappa shape index (κ2) is 6.50. The van der Waals surface area contributed by atoms with Crippen LogP contribution in [0.5, 0.6) is 0 Å². The number of sulfone groups is 1. The number of carbonyl (C=O) groups excluding carboxylic acids is 1. The first kappa shape index (κ1) is 17.4. The fourth-order valence-electron chi connectivity index (χ4n) is 3.27. The van der Waals surface area contributed by atoms with Crippen LogP contribution in [-0.4, -0.2) is 56.0 Å². The number of hydrogen-bond acceptors (Lipinski definition) is 5. The molecule has 130 valence electrons. The van der Waals surface area contributed by atoms with Crippen LogP contribution < -0.4 is 4.90 Å². The molecule has 6 nitrogen and oxygen atoms in total. The van der Waals surface area contributed by atoms with Crippen molar-refractivity contribution in [3.63, 3.8) is 0 Å². The molecule has 1 aromatic rings. The van der Waals surface area contributed by atoms with E-state index >= 15 is 0 Å². The number of thioether (sulfide) groups is 1. The largest absolute Gasteiger partial charge is 0.375 e. The fourth-order valence-corrected chi connectivity index (χ4v) is 7.19. The van der Waals surface area contributed by atoms with Gasteiger partial charge in [0.05, 0.1) is 17.5 Å². The van der Waals surface area contributed by atoms with Gasteiger partial charge < -0.3 is 9.64 Å². The number of aryl methyl sites for hydroxylation is 2. The monoisotopic (exact) mass is 368 g/mol. The van der Waals surface area contributed by atoms with E-state index in [1.54, 1.807) is 0 Å². The number of amides is 1. The maximum absolute atomic E-state index is 12.1. The quantitative estimate of drug-likeness (QED) is 0.806. The number of hydrogen-bond donors (Lipinski definition) is 0. The Bertz CT molecular complexity index is 784. The van der Waals surface area contributed by atoms with E-state index in [0.717, 1.165) is 16.8 Å². The van der Waals surface area contributed by atoms with E-state index in [1.807, 2.05) is 36.9 Å². The van der Waals surface area contributed by atoms with E-state index in [-0.39, 0.29) is 35.3 Å². The van der Waals surface area contributed by atoms with E-state index < -0.39 is 9.84 Å². The summed E-state index contributed by atoms with van der Waals surface area (Å²) in [6.45, 7) is 3.88. The van der Waals surface area contributed by atoms with Crippen molar-refractivity contribution in [2.75, 3.05) is 30.1 Å². The molecule has 2 saturated heterocycles. The molecule has 24 heavy (non-hydrogen) atoms. The maximum Gasteiger partial charge on any atom is 0.274 e. The SMILES string of the molecule is COCC(=O)N=C1S[C@@H]2CS(=O)(=O)C[C@H]2N1c1c(C)cccc1C. The van der Waals surface area contributed by atoms with Gasteiger partial charge in [-0.2, -0.15) is 4.99 Å². The highest BCUT2D eigenvalue weighted by Gasteiger charge is 2.49.